The summed E-state index contributed by atoms with van der Waals surface area (Å²) in [6, 6.07) is 0. The summed E-state index contributed by atoms with van der Waals surface area (Å²) in [6.07, 6.45) is 1.59. The van der Waals surface area contributed by atoms with Crippen LogP contribution in [-0.2, 0) is 14.4 Å². The minimum absolute atomic E-state index is 0.152. The average molecular weight is 229 g/mol. The van der Waals surface area contributed by atoms with E-state index in [4.69, 9.17) is 0 Å². The van der Waals surface area contributed by atoms with Crippen LogP contribution in [0.4, 0.5) is 0 Å². The molecule has 1 N–H and O–H groups in total. The van der Waals surface area contributed by atoms with Crippen molar-refractivity contribution in [3.8, 4) is 0 Å². The van der Waals surface area contributed by atoms with Crippen LogP contribution in [0.25, 0.3) is 0 Å². The molecule has 0 bridgehead atoms. The topological polar surface area (TPSA) is 69.7 Å². The Morgan fingerprint density at radius 1 is 1.19 bits per heavy atom. The van der Waals surface area contributed by atoms with Crippen molar-refractivity contribution in [2.24, 2.45) is 0 Å². The van der Waals surface area contributed by atoms with E-state index in [0.29, 0.717) is 11.4 Å². The molecule has 0 radical (unpaired) electrons. The largest absolute Gasteiger partial charge is 0.316 e. The van der Waals surface area contributed by atoms with Crippen LogP contribution in [0.1, 0.15) is 12.8 Å². The Hall–Kier alpha value is -1.27. The average Bonchev–Trinajstić information content (AvgIpc) is 2.24. The molecule has 6 nitrogen and oxygen atoms in total. The maximum atomic E-state index is 11.2. The van der Waals surface area contributed by atoms with E-state index in [1.807, 2.05) is 14.1 Å². The number of hydrogen-bond donors (Lipinski definition) is 1. The van der Waals surface area contributed by atoms with Gasteiger partial charge in [0.1, 0.15) is 0 Å². The van der Waals surface area contributed by atoms with Crippen molar-refractivity contribution in [2.45, 2.75) is 12.8 Å². The summed E-state index contributed by atoms with van der Waals surface area (Å²) in [5.74, 6) is -0.481. The van der Waals surface area contributed by atoms with Crippen LogP contribution in [-0.4, -0.2) is 62.3 Å². The standard InChI is InChI=1S/C10H19N3O3/c1-12(2)7-3-5-11-6-4-10(16)13(8-14)9-15/h8-9,11H,3-7H2,1-2H3. The van der Waals surface area contributed by atoms with Crippen molar-refractivity contribution in [2.75, 3.05) is 33.7 Å². The molecule has 0 aliphatic rings. The van der Waals surface area contributed by atoms with Gasteiger partial charge in [0.25, 0.3) is 0 Å². The maximum absolute atomic E-state index is 11.2. The van der Waals surface area contributed by atoms with Crippen LogP contribution >= 0.6 is 0 Å². The van der Waals surface area contributed by atoms with Crippen molar-refractivity contribution in [1.29, 1.82) is 0 Å². The van der Waals surface area contributed by atoms with Crippen LogP contribution in [0.3, 0.4) is 0 Å². The normalized spacial score (nSPS) is 10.2. The number of amides is 3. The Morgan fingerprint density at radius 2 is 1.81 bits per heavy atom. The summed E-state index contributed by atoms with van der Waals surface area (Å²) in [7, 11) is 3.99. The molecule has 0 unspecified atom stereocenters. The first-order valence-electron chi connectivity index (χ1n) is 5.19. The van der Waals surface area contributed by atoms with Gasteiger partial charge in [-0.3, -0.25) is 14.4 Å². The molecule has 0 spiro atoms. The van der Waals surface area contributed by atoms with E-state index in [-0.39, 0.29) is 19.2 Å². The minimum Gasteiger partial charge on any atom is -0.316 e. The predicted octanol–water partition coefficient (Wildman–Crippen LogP) is -0.941. The molecular formula is C10H19N3O3. The molecule has 0 fully saturated rings. The lowest BCUT2D eigenvalue weighted by Crippen LogP contribution is -2.31. The van der Waals surface area contributed by atoms with Gasteiger partial charge < -0.3 is 10.2 Å². The summed E-state index contributed by atoms with van der Waals surface area (Å²) in [5, 5.41) is 3.07. The molecule has 0 aliphatic carbocycles. The summed E-state index contributed by atoms with van der Waals surface area (Å²) in [5.41, 5.74) is 0. The van der Waals surface area contributed by atoms with E-state index < -0.39 is 5.91 Å². The van der Waals surface area contributed by atoms with Gasteiger partial charge in [0, 0.05) is 13.0 Å². The van der Waals surface area contributed by atoms with E-state index >= 15 is 0 Å². The Bertz CT molecular complexity index is 223. The molecule has 0 aromatic rings. The molecule has 0 aromatic carbocycles. The predicted molar refractivity (Wildman–Crippen MR) is 59.6 cm³/mol. The van der Waals surface area contributed by atoms with E-state index in [1.54, 1.807) is 0 Å². The fraction of sp³-hybridized carbons (Fsp3) is 0.700. The van der Waals surface area contributed by atoms with E-state index in [9.17, 15) is 14.4 Å². The van der Waals surface area contributed by atoms with Crippen molar-refractivity contribution >= 4 is 18.7 Å². The van der Waals surface area contributed by atoms with Gasteiger partial charge in [0.2, 0.25) is 18.7 Å². The first-order chi connectivity index (χ1) is 7.61. The number of nitrogens with one attached hydrogen (secondary N) is 1. The first-order valence-corrected chi connectivity index (χ1v) is 5.19. The van der Waals surface area contributed by atoms with Crippen molar-refractivity contribution in [1.82, 2.24) is 15.1 Å². The van der Waals surface area contributed by atoms with Gasteiger partial charge >= 0.3 is 0 Å². The third kappa shape index (κ3) is 7.08. The molecule has 0 aromatic heterocycles. The molecule has 0 aliphatic heterocycles. The zero-order chi connectivity index (χ0) is 12.4. The zero-order valence-corrected chi connectivity index (χ0v) is 9.81. The van der Waals surface area contributed by atoms with E-state index in [1.165, 1.54) is 0 Å². The summed E-state index contributed by atoms with van der Waals surface area (Å²) in [6.45, 7) is 2.27. The molecule has 0 atom stereocenters. The van der Waals surface area contributed by atoms with Crippen LogP contribution in [0, 0.1) is 0 Å². The fourth-order valence-electron chi connectivity index (χ4n) is 1.11. The second-order valence-electron chi connectivity index (χ2n) is 3.67. The number of carbonyl (C=O) groups is 3. The van der Waals surface area contributed by atoms with Crippen LogP contribution < -0.4 is 5.32 Å². The number of imide groups is 3. The highest BCUT2D eigenvalue weighted by Crippen LogP contribution is 1.87. The molecule has 0 saturated heterocycles. The third-order valence-electron chi connectivity index (χ3n) is 1.99. The molecule has 0 heterocycles. The summed E-state index contributed by atoms with van der Waals surface area (Å²) in [4.78, 5) is 34.2. The smallest absolute Gasteiger partial charge is 0.236 e. The highest BCUT2D eigenvalue weighted by Gasteiger charge is 2.09. The fourth-order valence-corrected chi connectivity index (χ4v) is 1.11. The van der Waals surface area contributed by atoms with Gasteiger partial charge in [0.05, 0.1) is 0 Å². The highest BCUT2D eigenvalue weighted by molar-refractivity contribution is 5.96. The lowest BCUT2D eigenvalue weighted by molar-refractivity contribution is -0.143. The van der Waals surface area contributed by atoms with Gasteiger partial charge in [-0.15, -0.1) is 0 Å². The lowest BCUT2D eigenvalue weighted by atomic mass is 10.3. The monoisotopic (exact) mass is 229 g/mol. The van der Waals surface area contributed by atoms with E-state index in [2.05, 4.69) is 10.2 Å². The second-order valence-corrected chi connectivity index (χ2v) is 3.67. The lowest BCUT2D eigenvalue weighted by Gasteiger charge is -2.10. The molecular weight excluding hydrogens is 210 g/mol. The molecule has 3 amide bonds. The number of rotatable bonds is 9. The first kappa shape index (κ1) is 14.7. The maximum Gasteiger partial charge on any atom is 0.236 e. The number of carbonyl (C=O) groups excluding carboxylic acids is 3. The van der Waals surface area contributed by atoms with Gasteiger partial charge in [0.15, 0.2) is 0 Å². The van der Waals surface area contributed by atoms with Crippen molar-refractivity contribution in [3.05, 3.63) is 0 Å². The van der Waals surface area contributed by atoms with Gasteiger partial charge in [-0.1, -0.05) is 0 Å². The van der Waals surface area contributed by atoms with Crippen molar-refractivity contribution < 1.29 is 14.4 Å². The quantitative estimate of drug-likeness (QED) is 0.408. The molecule has 0 saturated carbocycles. The minimum atomic E-state index is -0.481. The van der Waals surface area contributed by atoms with Crippen LogP contribution in [0.5, 0.6) is 0 Å². The number of nitrogens with zero attached hydrogens (tertiary/aromatic N) is 2. The molecule has 0 rings (SSSR count). The Balaban J connectivity index is 3.47. The van der Waals surface area contributed by atoms with Crippen molar-refractivity contribution in [3.63, 3.8) is 0 Å². The number of hydrogen-bond acceptors (Lipinski definition) is 5. The van der Waals surface area contributed by atoms with Gasteiger partial charge in [-0.05, 0) is 33.6 Å². The van der Waals surface area contributed by atoms with E-state index in [0.717, 1.165) is 19.5 Å². The Morgan fingerprint density at radius 3 is 2.31 bits per heavy atom. The van der Waals surface area contributed by atoms with Crippen LogP contribution in [0.15, 0.2) is 0 Å². The van der Waals surface area contributed by atoms with Gasteiger partial charge in [-0.25, -0.2) is 4.90 Å². The highest BCUT2D eigenvalue weighted by atomic mass is 16.2. The zero-order valence-electron chi connectivity index (χ0n) is 9.81. The molecule has 92 valence electrons. The Labute approximate surface area is 95.6 Å². The summed E-state index contributed by atoms with van der Waals surface area (Å²) < 4.78 is 0. The molecule has 6 heteroatoms. The Kier molecular flexibility index (Phi) is 8.28. The van der Waals surface area contributed by atoms with Gasteiger partial charge in [-0.2, -0.15) is 0 Å². The summed E-state index contributed by atoms with van der Waals surface area (Å²) >= 11 is 0. The third-order valence-corrected chi connectivity index (χ3v) is 1.99. The molecule has 16 heavy (non-hydrogen) atoms. The second kappa shape index (κ2) is 8.99. The SMILES string of the molecule is CN(C)CCCNCCC(=O)N(C=O)C=O. The van der Waals surface area contributed by atoms with Crippen LogP contribution in [0.2, 0.25) is 0 Å².